The number of aliphatic imine (C=N–C) groups is 1. The fourth-order valence-electron chi connectivity index (χ4n) is 3.01. The van der Waals surface area contributed by atoms with Crippen LogP contribution in [-0.4, -0.2) is 38.3 Å². The molecule has 0 radical (unpaired) electrons. The van der Waals surface area contributed by atoms with Crippen LogP contribution in [0, 0.1) is 13.8 Å². The minimum Gasteiger partial charge on any atom is -0.373 e. The van der Waals surface area contributed by atoms with Crippen LogP contribution in [0.15, 0.2) is 23.2 Å². The van der Waals surface area contributed by atoms with E-state index in [-0.39, 0.29) is 5.60 Å². The number of hydrogen-bond donors (Lipinski definition) is 2. The van der Waals surface area contributed by atoms with Crippen LogP contribution >= 0.6 is 0 Å². The summed E-state index contributed by atoms with van der Waals surface area (Å²) in [4.78, 5) is 4.29. The maximum Gasteiger partial charge on any atom is 0.191 e. The van der Waals surface area contributed by atoms with Crippen molar-refractivity contribution < 1.29 is 4.74 Å². The molecule has 1 aromatic rings. The van der Waals surface area contributed by atoms with E-state index in [0.717, 1.165) is 44.9 Å². The first-order valence-corrected chi connectivity index (χ1v) is 8.16. The van der Waals surface area contributed by atoms with Crippen LogP contribution in [0.3, 0.4) is 0 Å². The molecular weight excluding hydrogens is 274 g/mol. The molecule has 2 N–H and O–H groups in total. The second-order valence-electron chi connectivity index (χ2n) is 6.50. The van der Waals surface area contributed by atoms with Gasteiger partial charge in [0.15, 0.2) is 5.96 Å². The van der Waals surface area contributed by atoms with Crippen LogP contribution < -0.4 is 10.6 Å². The first-order chi connectivity index (χ1) is 10.5. The molecule has 122 valence electrons. The zero-order valence-corrected chi connectivity index (χ0v) is 14.3. The van der Waals surface area contributed by atoms with E-state index >= 15 is 0 Å². The lowest BCUT2D eigenvalue weighted by atomic mass is 10.0. The van der Waals surface area contributed by atoms with Crippen LogP contribution in [0.5, 0.6) is 0 Å². The Morgan fingerprint density at radius 1 is 1.23 bits per heavy atom. The molecule has 2 rings (SSSR count). The average molecular weight is 303 g/mol. The van der Waals surface area contributed by atoms with Crippen LogP contribution in [-0.2, 0) is 11.2 Å². The first kappa shape index (κ1) is 16.8. The summed E-state index contributed by atoms with van der Waals surface area (Å²) in [6.07, 6.45) is 3.26. The van der Waals surface area contributed by atoms with Crippen molar-refractivity contribution in [2.24, 2.45) is 4.99 Å². The van der Waals surface area contributed by atoms with Crippen LogP contribution in [0.25, 0.3) is 0 Å². The molecule has 1 unspecified atom stereocenters. The Balaban J connectivity index is 1.76. The van der Waals surface area contributed by atoms with Gasteiger partial charge in [0.05, 0.1) is 5.60 Å². The standard InChI is InChI=1S/C18H29N3O/c1-14-10-15(2)12-16(11-14)6-8-20-17(19-4)21-13-18(3)7-5-9-22-18/h10-12H,5-9,13H2,1-4H3,(H2,19,20,21). The molecule has 1 fully saturated rings. The van der Waals surface area contributed by atoms with E-state index in [1.54, 1.807) is 0 Å². The van der Waals surface area contributed by atoms with Gasteiger partial charge < -0.3 is 15.4 Å². The van der Waals surface area contributed by atoms with Gasteiger partial charge in [0, 0.05) is 26.7 Å². The number of aryl methyl sites for hydroxylation is 2. The molecule has 0 spiro atoms. The van der Waals surface area contributed by atoms with Crippen molar-refractivity contribution in [3.8, 4) is 0 Å². The van der Waals surface area contributed by atoms with Crippen molar-refractivity contribution in [3.63, 3.8) is 0 Å². The summed E-state index contributed by atoms with van der Waals surface area (Å²) in [5.74, 6) is 0.848. The second-order valence-corrected chi connectivity index (χ2v) is 6.50. The third kappa shape index (κ3) is 5.02. The van der Waals surface area contributed by atoms with E-state index in [2.05, 4.69) is 54.6 Å². The zero-order valence-electron chi connectivity index (χ0n) is 14.3. The third-order valence-corrected chi connectivity index (χ3v) is 4.14. The Labute approximate surface area is 134 Å². The van der Waals surface area contributed by atoms with Gasteiger partial charge in [-0.25, -0.2) is 0 Å². The highest BCUT2D eigenvalue weighted by Gasteiger charge is 2.29. The van der Waals surface area contributed by atoms with Crippen molar-refractivity contribution in [1.29, 1.82) is 0 Å². The largest absolute Gasteiger partial charge is 0.373 e. The normalized spacial score (nSPS) is 21.9. The summed E-state index contributed by atoms with van der Waals surface area (Å²) >= 11 is 0. The summed E-state index contributed by atoms with van der Waals surface area (Å²) in [5, 5.41) is 6.76. The molecular formula is C18H29N3O. The smallest absolute Gasteiger partial charge is 0.191 e. The quantitative estimate of drug-likeness (QED) is 0.649. The summed E-state index contributed by atoms with van der Waals surface area (Å²) in [6.45, 7) is 9.00. The van der Waals surface area contributed by atoms with Gasteiger partial charge in [-0.05, 0) is 45.6 Å². The Morgan fingerprint density at radius 3 is 2.55 bits per heavy atom. The van der Waals surface area contributed by atoms with Gasteiger partial charge in [0.2, 0.25) is 0 Å². The number of hydrogen-bond acceptors (Lipinski definition) is 2. The monoisotopic (exact) mass is 303 g/mol. The molecule has 1 aromatic carbocycles. The lowest BCUT2D eigenvalue weighted by Crippen LogP contribution is -2.45. The van der Waals surface area contributed by atoms with Crippen LogP contribution in [0.2, 0.25) is 0 Å². The van der Waals surface area contributed by atoms with Crippen molar-refractivity contribution in [1.82, 2.24) is 10.6 Å². The fourth-order valence-corrected chi connectivity index (χ4v) is 3.01. The Bertz CT molecular complexity index is 499. The van der Waals surface area contributed by atoms with E-state index in [9.17, 15) is 0 Å². The number of rotatable bonds is 5. The van der Waals surface area contributed by atoms with Gasteiger partial charge in [0.1, 0.15) is 0 Å². The van der Waals surface area contributed by atoms with Gasteiger partial charge >= 0.3 is 0 Å². The summed E-state index contributed by atoms with van der Waals surface area (Å²) in [5.41, 5.74) is 3.96. The molecule has 0 saturated carbocycles. The predicted molar refractivity (Wildman–Crippen MR) is 92.6 cm³/mol. The summed E-state index contributed by atoms with van der Waals surface area (Å²) < 4.78 is 5.79. The molecule has 1 heterocycles. The van der Waals surface area contributed by atoms with E-state index in [4.69, 9.17) is 4.74 Å². The van der Waals surface area contributed by atoms with Crippen molar-refractivity contribution in [2.45, 2.75) is 45.6 Å². The van der Waals surface area contributed by atoms with Crippen molar-refractivity contribution in [2.75, 3.05) is 26.7 Å². The molecule has 0 amide bonds. The van der Waals surface area contributed by atoms with Gasteiger partial charge in [-0.2, -0.15) is 0 Å². The minimum absolute atomic E-state index is 0.0503. The summed E-state index contributed by atoms with van der Waals surface area (Å²) in [6, 6.07) is 6.70. The highest BCUT2D eigenvalue weighted by atomic mass is 16.5. The molecule has 0 bridgehead atoms. The molecule has 4 heteroatoms. The zero-order chi connectivity index (χ0) is 16.0. The molecule has 1 atom stereocenters. The number of nitrogens with one attached hydrogen (secondary N) is 2. The highest BCUT2D eigenvalue weighted by molar-refractivity contribution is 5.79. The van der Waals surface area contributed by atoms with Gasteiger partial charge in [-0.1, -0.05) is 29.3 Å². The van der Waals surface area contributed by atoms with Crippen molar-refractivity contribution >= 4 is 5.96 Å². The fraction of sp³-hybridized carbons (Fsp3) is 0.611. The number of ether oxygens (including phenoxy) is 1. The average Bonchev–Trinajstić information content (AvgIpc) is 2.89. The Morgan fingerprint density at radius 2 is 1.95 bits per heavy atom. The molecule has 0 aromatic heterocycles. The second kappa shape index (κ2) is 7.63. The van der Waals surface area contributed by atoms with E-state index in [1.807, 2.05) is 7.05 Å². The predicted octanol–water partition coefficient (Wildman–Crippen LogP) is 2.58. The van der Waals surface area contributed by atoms with E-state index in [0.29, 0.717) is 0 Å². The van der Waals surface area contributed by atoms with Crippen LogP contribution in [0.1, 0.15) is 36.5 Å². The Hall–Kier alpha value is -1.55. The third-order valence-electron chi connectivity index (χ3n) is 4.14. The van der Waals surface area contributed by atoms with E-state index in [1.165, 1.54) is 16.7 Å². The minimum atomic E-state index is -0.0503. The molecule has 22 heavy (non-hydrogen) atoms. The molecule has 1 aliphatic heterocycles. The molecule has 1 aliphatic rings. The van der Waals surface area contributed by atoms with E-state index < -0.39 is 0 Å². The Kier molecular flexibility index (Phi) is 5.83. The lowest BCUT2D eigenvalue weighted by Gasteiger charge is -2.24. The number of nitrogens with zero attached hydrogens (tertiary/aromatic N) is 1. The highest BCUT2D eigenvalue weighted by Crippen LogP contribution is 2.23. The number of guanidine groups is 1. The maximum atomic E-state index is 5.79. The topological polar surface area (TPSA) is 45.7 Å². The molecule has 1 saturated heterocycles. The van der Waals surface area contributed by atoms with Crippen molar-refractivity contribution in [3.05, 3.63) is 34.9 Å². The van der Waals surface area contributed by atoms with Gasteiger partial charge in [0.25, 0.3) is 0 Å². The van der Waals surface area contributed by atoms with Gasteiger partial charge in [-0.3, -0.25) is 4.99 Å². The maximum absolute atomic E-state index is 5.79. The SMILES string of the molecule is CN=C(NCCc1cc(C)cc(C)c1)NCC1(C)CCCO1. The molecule has 4 nitrogen and oxygen atoms in total. The lowest BCUT2D eigenvalue weighted by molar-refractivity contribution is 0.0243. The first-order valence-electron chi connectivity index (χ1n) is 8.16. The molecule has 0 aliphatic carbocycles. The number of benzene rings is 1. The summed E-state index contributed by atoms with van der Waals surface area (Å²) in [7, 11) is 1.81. The van der Waals surface area contributed by atoms with Crippen LogP contribution in [0.4, 0.5) is 0 Å². The van der Waals surface area contributed by atoms with Gasteiger partial charge in [-0.15, -0.1) is 0 Å².